The van der Waals surface area contributed by atoms with E-state index in [2.05, 4.69) is 25.7 Å². The summed E-state index contributed by atoms with van der Waals surface area (Å²) < 4.78 is 30.5. The molecule has 1 saturated carbocycles. The number of nitrogens with one attached hydrogen (secondary N) is 2. The molecule has 2 aromatic rings. The van der Waals surface area contributed by atoms with E-state index in [1.165, 1.54) is 23.5 Å². The molecule has 2 amide bonds. The first kappa shape index (κ1) is 27.7. The number of hydrogen-bond acceptors (Lipinski definition) is 10. The number of carbonyl (C=O) groups excluding carboxylic acids is 2. The van der Waals surface area contributed by atoms with Crippen LogP contribution in [0.15, 0.2) is 40.5 Å². The molecule has 0 radical (unpaired) electrons. The number of piperidine rings is 1. The zero-order valence-electron chi connectivity index (χ0n) is 21.8. The normalized spacial score (nSPS) is 21.1. The van der Waals surface area contributed by atoms with Crippen LogP contribution in [0, 0.1) is 0 Å². The maximum Gasteiger partial charge on any atom is 0.280 e. The summed E-state index contributed by atoms with van der Waals surface area (Å²) in [6.07, 6.45) is 5.34. The molecule has 0 spiro atoms. The Balaban J connectivity index is 1.24. The molecule has 1 atom stereocenters. The Morgan fingerprint density at radius 3 is 2.54 bits per heavy atom. The van der Waals surface area contributed by atoms with Crippen molar-refractivity contribution in [2.75, 3.05) is 31.6 Å². The van der Waals surface area contributed by atoms with Crippen molar-refractivity contribution in [2.24, 2.45) is 5.16 Å². The minimum Gasteiger partial charge on any atom is -0.389 e. The van der Waals surface area contributed by atoms with Gasteiger partial charge in [-0.05, 0) is 37.8 Å². The van der Waals surface area contributed by atoms with E-state index in [4.69, 9.17) is 9.57 Å². The molecular formula is C26H33N5O6S2. The Morgan fingerprint density at radius 2 is 1.90 bits per heavy atom. The molecule has 3 aliphatic rings. The number of nitrogens with zero attached hydrogens (tertiary/aromatic N) is 3. The van der Waals surface area contributed by atoms with Crippen molar-refractivity contribution >= 4 is 43.8 Å². The fourth-order valence-corrected chi connectivity index (χ4v) is 7.17. The fourth-order valence-electron chi connectivity index (χ4n) is 4.66. The lowest BCUT2D eigenvalue weighted by Crippen LogP contribution is -2.43. The number of anilines is 1. The van der Waals surface area contributed by atoms with E-state index in [1.54, 1.807) is 25.3 Å². The summed E-state index contributed by atoms with van der Waals surface area (Å²) in [5, 5.41) is 10.1. The van der Waals surface area contributed by atoms with Gasteiger partial charge in [-0.2, -0.15) is 0 Å². The molecule has 3 fully saturated rings. The van der Waals surface area contributed by atoms with Gasteiger partial charge < -0.3 is 14.9 Å². The molecule has 1 aliphatic carbocycles. The molecule has 2 aliphatic heterocycles. The zero-order chi connectivity index (χ0) is 27.4. The van der Waals surface area contributed by atoms with Crippen LogP contribution in [0.2, 0.25) is 0 Å². The van der Waals surface area contributed by atoms with E-state index in [0.717, 1.165) is 30.8 Å². The number of aromatic nitrogens is 1. The van der Waals surface area contributed by atoms with Crippen molar-refractivity contribution in [3.63, 3.8) is 0 Å². The number of hydrogen-bond donors (Lipinski definition) is 2. The molecule has 1 aromatic heterocycles. The van der Waals surface area contributed by atoms with E-state index < -0.39 is 15.7 Å². The second kappa shape index (κ2) is 12.1. The minimum atomic E-state index is -3.34. The van der Waals surface area contributed by atoms with Gasteiger partial charge >= 0.3 is 0 Å². The average molecular weight is 576 g/mol. The zero-order valence-corrected chi connectivity index (χ0v) is 23.4. The van der Waals surface area contributed by atoms with Gasteiger partial charge in [0.05, 0.1) is 23.4 Å². The highest BCUT2D eigenvalue weighted by molar-refractivity contribution is 7.92. The molecule has 210 valence electrons. The lowest BCUT2D eigenvalue weighted by molar-refractivity contribution is -0.120. The van der Waals surface area contributed by atoms with E-state index in [-0.39, 0.29) is 33.9 Å². The second-order valence-corrected chi connectivity index (χ2v) is 13.5. The Morgan fingerprint density at radius 1 is 1.15 bits per heavy atom. The van der Waals surface area contributed by atoms with Crippen LogP contribution in [0.3, 0.4) is 0 Å². The van der Waals surface area contributed by atoms with Crippen LogP contribution in [0.25, 0.3) is 0 Å². The van der Waals surface area contributed by atoms with Crippen molar-refractivity contribution in [3.8, 4) is 0 Å². The molecular weight excluding hydrogens is 542 g/mol. The number of carbonyl (C=O) groups is 2. The molecule has 2 N–H and O–H groups in total. The van der Waals surface area contributed by atoms with Crippen molar-refractivity contribution in [1.29, 1.82) is 0 Å². The number of likely N-dealkylation sites (tertiary alicyclic amines) is 1. The largest absolute Gasteiger partial charge is 0.389 e. The number of sulfone groups is 1. The molecule has 0 bridgehead atoms. The number of benzene rings is 1. The standard InChI is InChI=1S/C26H33N5O6S2/c1-17(32)28-19-8-11-31(12-9-19)15-21-14-27-26(38-21)29-25(33)24(30-37-20-10-13-36-16-20)18-2-4-22(5-3-18)39(34,35)23-6-7-23/h2-5,14,19-20,23H,6-13,15-16H2,1H3,(H,28,32)(H,27,29,33)/b30-24+/t20-/m1/s1. The summed E-state index contributed by atoms with van der Waals surface area (Å²) >= 11 is 1.39. The summed E-state index contributed by atoms with van der Waals surface area (Å²) in [7, 11) is -3.34. The summed E-state index contributed by atoms with van der Waals surface area (Å²) in [5.74, 6) is -0.496. The first-order valence-corrected chi connectivity index (χ1v) is 15.6. The van der Waals surface area contributed by atoms with Gasteiger partial charge in [0.25, 0.3) is 5.91 Å². The smallest absolute Gasteiger partial charge is 0.280 e. The predicted octanol–water partition coefficient (Wildman–Crippen LogP) is 2.33. The first-order valence-electron chi connectivity index (χ1n) is 13.2. The summed E-state index contributed by atoms with van der Waals surface area (Å²) in [4.78, 5) is 38.1. The van der Waals surface area contributed by atoms with E-state index in [1.807, 2.05) is 0 Å². The molecule has 13 heteroatoms. The van der Waals surface area contributed by atoms with Crippen LogP contribution in [0.1, 0.15) is 49.5 Å². The van der Waals surface area contributed by atoms with Crippen molar-refractivity contribution in [3.05, 3.63) is 40.9 Å². The van der Waals surface area contributed by atoms with Crippen LogP contribution in [-0.4, -0.2) is 79.5 Å². The van der Waals surface area contributed by atoms with E-state index in [0.29, 0.717) is 49.7 Å². The Labute approximate surface area is 231 Å². The van der Waals surface area contributed by atoms with Crippen LogP contribution < -0.4 is 10.6 Å². The minimum absolute atomic E-state index is 0.000378. The van der Waals surface area contributed by atoms with Crippen LogP contribution >= 0.6 is 11.3 Å². The van der Waals surface area contributed by atoms with Gasteiger partial charge in [-0.25, -0.2) is 13.4 Å². The van der Waals surface area contributed by atoms with E-state index >= 15 is 0 Å². The fraction of sp³-hybridized carbons (Fsp3) is 0.538. The van der Waals surface area contributed by atoms with Gasteiger partial charge in [0.1, 0.15) is 0 Å². The van der Waals surface area contributed by atoms with Gasteiger partial charge in [-0.3, -0.25) is 19.8 Å². The van der Waals surface area contributed by atoms with Crippen molar-refractivity contribution in [1.82, 2.24) is 15.2 Å². The maximum atomic E-state index is 13.3. The Bertz CT molecular complexity index is 1310. The van der Waals surface area contributed by atoms with Gasteiger partial charge in [0.2, 0.25) is 5.91 Å². The Hall–Kier alpha value is -2.87. The van der Waals surface area contributed by atoms with Gasteiger partial charge in [-0.1, -0.05) is 17.3 Å². The van der Waals surface area contributed by atoms with Crippen LogP contribution in [0.5, 0.6) is 0 Å². The molecule has 39 heavy (non-hydrogen) atoms. The number of rotatable bonds is 10. The van der Waals surface area contributed by atoms with Gasteiger partial charge in [0.15, 0.2) is 26.8 Å². The third kappa shape index (κ3) is 7.21. The van der Waals surface area contributed by atoms with Crippen LogP contribution in [-0.2, 0) is 35.5 Å². The summed E-state index contributed by atoms with van der Waals surface area (Å²) in [6, 6.07) is 6.41. The molecule has 11 nitrogen and oxygen atoms in total. The van der Waals surface area contributed by atoms with Crippen LogP contribution in [0.4, 0.5) is 5.13 Å². The predicted molar refractivity (Wildman–Crippen MR) is 146 cm³/mol. The SMILES string of the molecule is CC(=O)NC1CCN(Cc2cnc(NC(=O)/C(=N/O[C@@H]3CCOC3)c3ccc(S(=O)(=O)C4CC4)cc3)s2)CC1. The average Bonchev–Trinajstić information content (AvgIpc) is 3.50. The van der Waals surface area contributed by atoms with Gasteiger partial charge in [0, 0.05) is 55.7 Å². The summed E-state index contributed by atoms with van der Waals surface area (Å²) in [6.45, 7) is 4.96. The third-order valence-corrected chi connectivity index (χ3v) is 10.1. The Kier molecular flexibility index (Phi) is 8.60. The van der Waals surface area contributed by atoms with Gasteiger partial charge in [-0.15, -0.1) is 11.3 Å². The lowest BCUT2D eigenvalue weighted by atomic mass is 10.1. The molecule has 5 rings (SSSR count). The first-order chi connectivity index (χ1) is 18.8. The highest BCUT2D eigenvalue weighted by atomic mass is 32.2. The number of amides is 2. The molecule has 3 heterocycles. The molecule has 0 unspecified atom stereocenters. The summed E-state index contributed by atoms with van der Waals surface area (Å²) in [5.41, 5.74) is 0.481. The lowest BCUT2D eigenvalue weighted by Gasteiger charge is -2.31. The quantitative estimate of drug-likeness (QED) is 0.325. The third-order valence-electron chi connectivity index (χ3n) is 6.96. The number of ether oxygens (including phenoxy) is 1. The highest BCUT2D eigenvalue weighted by Crippen LogP contribution is 2.33. The monoisotopic (exact) mass is 575 g/mol. The number of thiazole rings is 1. The highest BCUT2D eigenvalue weighted by Gasteiger charge is 2.37. The van der Waals surface area contributed by atoms with Crippen molar-refractivity contribution < 1.29 is 27.6 Å². The number of oxime groups is 1. The maximum absolute atomic E-state index is 13.3. The molecule has 2 saturated heterocycles. The second-order valence-electron chi connectivity index (χ2n) is 10.1. The topological polar surface area (TPSA) is 139 Å². The molecule has 1 aromatic carbocycles. The van der Waals surface area contributed by atoms with E-state index in [9.17, 15) is 18.0 Å². The van der Waals surface area contributed by atoms with Crippen molar-refractivity contribution in [2.45, 2.75) is 67.9 Å².